The molecule has 0 N–H and O–H groups in total. The molecule has 1 atom stereocenters. The van der Waals surface area contributed by atoms with Crippen molar-refractivity contribution in [3.05, 3.63) is 36.2 Å². The summed E-state index contributed by atoms with van der Waals surface area (Å²) in [7, 11) is 0. The van der Waals surface area contributed by atoms with Crippen LogP contribution in [0.5, 0.6) is 0 Å². The van der Waals surface area contributed by atoms with Gasteiger partial charge in [0.05, 0.1) is 24.2 Å². The number of morpholine rings is 1. The molecule has 1 aliphatic heterocycles. The largest absolute Gasteiger partial charge is 0.375 e. The first-order chi connectivity index (χ1) is 13.7. The molecular weight excluding hydrogens is 372 g/mol. The Hall–Kier alpha value is -1.86. The summed E-state index contributed by atoms with van der Waals surface area (Å²) >= 11 is 1.44. The Labute approximate surface area is 170 Å². The van der Waals surface area contributed by atoms with Crippen LogP contribution in [0.15, 0.2) is 35.5 Å². The molecule has 2 aromatic rings. The molecule has 0 bridgehead atoms. The number of hydrogen-bond acceptors (Lipinski definition) is 5. The third-order valence-electron chi connectivity index (χ3n) is 5.50. The lowest BCUT2D eigenvalue weighted by molar-refractivity contribution is -0.135. The zero-order valence-electron chi connectivity index (χ0n) is 16.4. The number of rotatable bonds is 5. The maximum Gasteiger partial charge on any atom is 0.233 e. The third-order valence-corrected chi connectivity index (χ3v) is 6.32. The molecule has 7 heteroatoms. The Morgan fingerprint density at radius 1 is 1.21 bits per heavy atom. The summed E-state index contributed by atoms with van der Waals surface area (Å²) in [5, 5.41) is 5.45. The van der Waals surface area contributed by atoms with Gasteiger partial charge in [-0.05, 0) is 31.9 Å². The maximum atomic E-state index is 12.6. The van der Waals surface area contributed by atoms with Gasteiger partial charge in [0.2, 0.25) is 11.1 Å². The van der Waals surface area contributed by atoms with E-state index < -0.39 is 0 Å². The molecule has 4 rings (SSSR count). The molecule has 2 fully saturated rings. The second-order valence-corrected chi connectivity index (χ2v) is 8.59. The summed E-state index contributed by atoms with van der Waals surface area (Å²) in [4.78, 5) is 19.3. The number of thioether (sulfide) groups is 1. The van der Waals surface area contributed by atoms with Gasteiger partial charge in [0.25, 0.3) is 0 Å². The fraction of sp³-hybridized carbons (Fsp3) is 0.571. The molecule has 1 aromatic carbocycles. The number of para-hydroxylation sites is 1. The van der Waals surface area contributed by atoms with Crippen LogP contribution >= 0.6 is 11.8 Å². The minimum absolute atomic E-state index is 0.107. The van der Waals surface area contributed by atoms with Gasteiger partial charge in [-0.25, -0.2) is 9.67 Å². The van der Waals surface area contributed by atoms with Crippen LogP contribution in [0.1, 0.15) is 50.8 Å². The van der Waals surface area contributed by atoms with Crippen LogP contribution in [0, 0.1) is 0 Å². The van der Waals surface area contributed by atoms with Gasteiger partial charge in [-0.15, -0.1) is 5.10 Å². The van der Waals surface area contributed by atoms with Crippen molar-refractivity contribution in [1.82, 2.24) is 19.7 Å². The first-order valence-corrected chi connectivity index (χ1v) is 11.2. The number of aromatic nitrogens is 3. The van der Waals surface area contributed by atoms with E-state index in [4.69, 9.17) is 14.8 Å². The number of ether oxygens (including phenoxy) is 1. The number of amides is 1. The predicted octanol–water partition coefficient (Wildman–Crippen LogP) is 3.65. The SMILES string of the molecule is CC1CN(C(=O)CSc2nc(C3CCCCC3)n(-c3ccccc3)n2)CCO1. The summed E-state index contributed by atoms with van der Waals surface area (Å²) in [6.07, 6.45) is 6.26. The van der Waals surface area contributed by atoms with Crippen molar-refractivity contribution in [3.63, 3.8) is 0 Å². The lowest BCUT2D eigenvalue weighted by Gasteiger charge is -2.31. The molecule has 1 aromatic heterocycles. The summed E-state index contributed by atoms with van der Waals surface area (Å²) in [6.45, 7) is 3.96. The van der Waals surface area contributed by atoms with Crippen LogP contribution in [0.2, 0.25) is 0 Å². The third kappa shape index (κ3) is 4.58. The summed E-state index contributed by atoms with van der Waals surface area (Å²) < 4.78 is 7.51. The Morgan fingerprint density at radius 2 is 2.00 bits per heavy atom. The maximum absolute atomic E-state index is 12.6. The Bertz CT molecular complexity index is 789. The standard InChI is InChI=1S/C21H28N4O2S/c1-16-14-24(12-13-27-16)19(26)15-28-21-22-20(17-8-4-2-5-9-17)25(23-21)18-10-6-3-7-11-18/h3,6-7,10-11,16-17H,2,4-5,8-9,12-15H2,1H3. The lowest BCUT2D eigenvalue weighted by atomic mass is 9.88. The normalized spacial score (nSPS) is 21.0. The van der Waals surface area contributed by atoms with Crippen molar-refractivity contribution >= 4 is 17.7 Å². The van der Waals surface area contributed by atoms with Gasteiger partial charge < -0.3 is 9.64 Å². The highest BCUT2D eigenvalue weighted by atomic mass is 32.2. The minimum atomic E-state index is 0.107. The molecule has 1 unspecified atom stereocenters. The van der Waals surface area contributed by atoms with Gasteiger partial charge in [-0.2, -0.15) is 0 Å². The molecule has 28 heavy (non-hydrogen) atoms. The van der Waals surface area contributed by atoms with Crippen LogP contribution in [-0.2, 0) is 9.53 Å². The van der Waals surface area contributed by atoms with Crippen LogP contribution in [0.3, 0.4) is 0 Å². The molecule has 1 saturated heterocycles. The molecule has 2 aliphatic rings. The van der Waals surface area contributed by atoms with E-state index >= 15 is 0 Å². The van der Waals surface area contributed by atoms with E-state index in [1.54, 1.807) is 0 Å². The van der Waals surface area contributed by atoms with E-state index in [1.807, 2.05) is 34.7 Å². The van der Waals surface area contributed by atoms with Crippen molar-refractivity contribution in [1.29, 1.82) is 0 Å². The molecule has 6 nitrogen and oxygen atoms in total. The smallest absolute Gasteiger partial charge is 0.233 e. The van der Waals surface area contributed by atoms with Gasteiger partial charge in [0.15, 0.2) is 0 Å². The molecule has 1 saturated carbocycles. The van der Waals surface area contributed by atoms with Crippen molar-refractivity contribution in [2.75, 3.05) is 25.4 Å². The second-order valence-electron chi connectivity index (χ2n) is 7.64. The van der Waals surface area contributed by atoms with E-state index in [-0.39, 0.29) is 12.0 Å². The number of benzene rings is 1. The van der Waals surface area contributed by atoms with E-state index in [9.17, 15) is 4.79 Å². The van der Waals surface area contributed by atoms with Gasteiger partial charge in [-0.1, -0.05) is 49.2 Å². The van der Waals surface area contributed by atoms with E-state index in [2.05, 4.69) is 12.1 Å². The zero-order valence-corrected chi connectivity index (χ0v) is 17.2. The van der Waals surface area contributed by atoms with E-state index in [1.165, 1.54) is 43.9 Å². The van der Waals surface area contributed by atoms with Gasteiger partial charge >= 0.3 is 0 Å². The number of nitrogens with zero attached hydrogens (tertiary/aromatic N) is 4. The van der Waals surface area contributed by atoms with Crippen LogP contribution in [0.4, 0.5) is 0 Å². The van der Waals surface area contributed by atoms with Crippen molar-refractivity contribution < 1.29 is 9.53 Å². The lowest BCUT2D eigenvalue weighted by Crippen LogP contribution is -2.45. The summed E-state index contributed by atoms with van der Waals surface area (Å²) in [5.41, 5.74) is 1.04. The van der Waals surface area contributed by atoms with Crippen molar-refractivity contribution in [2.45, 2.75) is 56.2 Å². The van der Waals surface area contributed by atoms with Gasteiger partial charge in [-0.3, -0.25) is 4.79 Å². The second kappa shape index (κ2) is 9.09. The molecule has 1 amide bonds. The van der Waals surface area contributed by atoms with Crippen molar-refractivity contribution in [3.8, 4) is 5.69 Å². The number of carbonyl (C=O) groups is 1. The molecular formula is C21H28N4O2S. The molecule has 1 aliphatic carbocycles. The fourth-order valence-electron chi connectivity index (χ4n) is 4.01. The topological polar surface area (TPSA) is 60.2 Å². The van der Waals surface area contributed by atoms with E-state index in [0.29, 0.717) is 36.5 Å². The van der Waals surface area contributed by atoms with E-state index in [0.717, 1.165) is 11.5 Å². The predicted molar refractivity (Wildman–Crippen MR) is 110 cm³/mol. The average molecular weight is 401 g/mol. The average Bonchev–Trinajstić information content (AvgIpc) is 3.18. The Kier molecular flexibility index (Phi) is 6.32. The minimum Gasteiger partial charge on any atom is -0.375 e. The molecule has 2 heterocycles. The fourth-order valence-corrected chi connectivity index (χ4v) is 4.74. The van der Waals surface area contributed by atoms with Crippen LogP contribution in [0.25, 0.3) is 5.69 Å². The first kappa shape index (κ1) is 19.5. The number of hydrogen-bond donors (Lipinski definition) is 0. The Morgan fingerprint density at radius 3 is 2.75 bits per heavy atom. The zero-order chi connectivity index (χ0) is 19.3. The highest BCUT2D eigenvalue weighted by Gasteiger charge is 2.25. The molecule has 0 radical (unpaired) electrons. The summed E-state index contributed by atoms with van der Waals surface area (Å²) in [6, 6.07) is 10.2. The summed E-state index contributed by atoms with van der Waals surface area (Å²) in [5.74, 6) is 2.00. The quantitative estimate of drug-likeness (QED) is 0.717. The highest BCUT2D eigenvalue weighted by Crippen LogP contribution is 2.33. The molecule has 0 spiro atoms. The van der Waals surface area contributed by atoms with Crippen molar-refractivity contribution in [2.24, 2.45) is 0 Å². The first-order valence-electron chi connectivity index (χ1n) is 10.3. The van der Waals surface area contributed by atoms with Crippen LogP contribution in [-0.4, -0.2) is 57.1 Å². The van der Waals surface area contributed by atoms with Gasteiger partial charge in [0.1, 0.15) is 5.82 Å². The Balaban J connectivity index is 1.49. The number of carbonyl (C=O) groups excluding carboxylic acids is 1. The molecule has 150 valence electrons. The highest BCUT2D eigenvalue weighted by molar-refractivity contribution is 7.99. The van der Waals surface area contributed by atoms with Gasteiger partial charge in [0, 0.05) is 19.0 Å². The monoisotopic (exact) mass is 400 g/mol. The van der Waals surface area contributed by atoms with Crippen LogP contribution < -0.4 is 0 Å².